The van der Waals surface area contributed by atoms with Crippen LogP contribution in [0, 0.1) is 5.41 Å². The summed E-state index contributed by atoms with van der Waals surface area (Å²) >= 11 is 0. The van der Waals surface area contributed by atoms with Crippen LogP contribution >= 0.6 is 0 Å². The van der Waals surface area contributed by atoms with Gasteiger partial charge in [-0.3, -0.25) is 0 Å². The van der Waals surface area contributed by atoms with Gasteiger partial charge < -0.3 is 14.7 Å². The molecule has 0 saturated heterocycles. The minimum absolute atomic E-state index is 0.173. The highest BCUT2D eigenvalue weighted by atomic mass is 16.5. The Balaban J connectivity index is 2.66. The number of likely N-dealkylation sites (N-methyl/N-ethyl adjacent to an activating group) is 1. The fraction of sp³-hybridized carbons (Fsp3) is 0.846. The first-order valence-corrected chi connectivity index (χ1v) is 6.52. The molecule has 1 aromatic rings. The highest BCUT2D eigenvalue weighted by Gasteiger charge is 2.26. The molecule has 0 fully saturated rings. The lowest BCUT2D eigenvalue weighted by molar-refractivity contribution is 0.247. The van der Waals surface area contributed by atoms with Gasteiger partial charge >= 0.3 is 0 Å². The standard InChI is InChI=1S/C13H26N4O/c1-7-14-10(13(2,3)4)8-12-15-11(16-18-12)9-17(5)6/h10,14H,7-9H2,1-6H3. The van der Waals surface area contributed by atoms with Gasteiger partial charge in [-0.15, -0.1) is 0 Å². The Hall–Kier alpha value is -0.940. The summed E-state index contributed by atoms with van der Waals surface area (Å²) in [5, 5.41) is 7.48. The molecule has 0 aliphatic carbocycles. The predicted molar refractivity (Wildman–Crippen MR) is 72.3 cm³/mol. The zero-order chi connectivity index (χ0) is 13.8. The fourth-order valence-corrected chi connectivity index (χ4v) is 1.83. The number of nitrogens with zero attached hydrogens (tertiary/aromatic N) is 3. The summed E-state index contributed by atoms with van der Waals surface area (Å²) in [4.78, 5) is 6.45. The Morgan fingerprint density at radius 2 is 2.00 bits per heavy atom. The van der Waals surface area contributed by atoms with E-state index in [1.54, 1.807) is 0 Å². The predicted octanol–water partition coefficient (Wildman–Crippen LogP) is 1.70. The van der Waals surface area contributed by atoms with E-state index in [-0.39, 0.29) is 5.41 Å². The molecule has 1 unspecified atom stereocenters. The average molecular weight is 254 g/mol. The fourth-order valence-electron chi connectivity index (χ4n) is 1.83. The number of hydrogen-bond donors (Lipinski definition) is 1. The van der Waals surface area contributed by atoms with Crippen LogP contribution in [0.15, 0.2) is 4.52 Å². The van der Waals surface area contributed by atoms with E-state index in [2.05, 4.69) is 43.2 Å². The number of hydrogen-bond acceptors (Lipinski definition) is 5. The first-order valence-electron chi connectivity index (χ1n) is 6.52. The van der Waals surface area contributed by atoms with Crippen molar-refractivity contribution < 1.29 is 4.52 Å². The average Bonchev–Trinajstić information content (AvgIpc) is 2.62. The lowest BCUT2D eigenvalue weighted by Gasteiger charge is -2.30. The van der Waals surface area contributed by atoms with E-state index < -0.39 is 0 Å². The van der Waals surface area contributed by atoms with Crippen molar-refractivity contribution in [2.24, 2.45) is 5.41 Å². The molecule has 18 heavy (non-hydrogen) atoms. The SMILES string of the molecule is CCNC(Cc1nc(CN(C)C)no1)C(C)(C)C. The second-order valence-corrected chi connectivity index (χ2v) is 6.02. The minimum Gasteiger partial charge on any atom is -0.339 e. The van der Waals surface area contributed by atoms with Crippen molar-refractivity contribution in [3.63, 3.8) is 0 Å². The molecule has 5 nitrogen and oxygen atoms in total. The molecule has 1 atom stereocenters. The summed E-state index contributed by atoms with van der Waals surface area (Å²) < 4.78 is 5.31. The topological polar surface area (TPSA) is 54.2 Å². The third-order valence-electron chi connectivity index (χ3n) is 2.84. The lowest BCUT2D eigenvalue weighted by Crippen LogP contribution is -2.41. The molecule has 1 aromatic heterocycles. The summed E-state index contributed by atoms with van der Waals surface area (Å²) in [7, 11) is 3.99. The summed E-state index contributed by atoms with van der Waals surface area (Å²) in [5.74, 6) is 1.46. The number of rotatable bonds is 6. The van der Waals surface area contributed by atoms with Gasteiger partial charge in [-0.1, -0.05) is 32.9 Å². The smallest absolute Gasteiger partial charge is 0.228 e. The van der Waals surface area contributed by atoms with Gasteiger partial charge in [0, 0.05) is 12.5 Å². The molecule has 1 N–H and O–H groups in total. The van der Waals surface area contributed by atoms with Crippen LogP contribution in [-0.4, -0.2) is 41.7 Å². The molecule has 104 valence electrons. The second-order valence-electron chi connectivity index (χ2n) is 6.02. The molecule has 5 heteroatoms. The van der Waals surface area contributed by atoms with Crippen molar-refractivity contribution in [2.45, 2.75) is 46.7 Å². The van der Waals surface area contributed by atoms with E-state index >= 15 is 0 Å². The van der Waals surface area contributed by atoms with Crippen LogP contribution in [0.2, 0.25) is 0 Å². The zero-order valence-corrected chi connectivity index (χ0v) is 12.4. The molecule has 1 rings (SSSR count). The van der Waals surface area contributed by atoms with Crippen molar-refractivity contribution >= 4 is 0 Å². The number of aromatic nitrogens is 2. The normalized spacial score (nSPS) is 14.2. The second kappa shape index (κ2) is 6.29. The maximum atomic E-state index is 5.31. The van der Waals surface area contributed by atoms with Crippen LogP contribution in [0.5, 0.6) is 0 Å². The Morgan fingerprint density at radius 3 is 2.50 bits per heavy atom. The van der Waals surface area contributed by atoms with Crippen LogP contribution in [0.4, 0.5) is 0 Å². The van der Waals surface area contributed by atoms with Crippen molar-refractivity contribution in [1.82, 2.24) is 20.4 Å². The largest absolute Gasteiger partial charge is 0.339 e. The van der Waals surface area contributed by atoms with E-state index in [0.29, 0.717) is 18.5 Å². The quantitative estimate of drug-likeness (QED) is 0.837. The molecule has 0 radical (unpaired) electrons. The van der Waals surface area contributed by atoms with E-state index in [0.717, 1.165) is 18.8 Å². The first kappa shape index (κ1) is 15.1. The third kappa shape index (κ3) is 4.74. The Labute approximate surface area is 110 Å². The Bertz CT molecular complexity index is 354. The van der Waals surface area contributed by atoms with E-state index in [1.807, 2.05) is 19.0 Å². The first-order chi connectivity index (χ1) is 8.32. The Morgan fingerprint density at radius 1 is 1.33 bits per heavy atom. The molecule has 0 aromatic carbocycles. The molecule has 1 heterocycles. The molecule has 0 spiro atoms. The van der Waals surface area contributed by atoms with Gasteiger partial charge in [-0.05, 0) is 26.1 Å². The van der Waals surface area contributed by atoms with Crippen molar-refractivity contribution in [2.75, 3.05) is 20.6 Å². The van der Waals surface area contributed by atoms with E-state index in [9.17, 15) is 0 Å². The molecule has 0 saturated carbocycles. The molecular weight excluding hydrogens is 228 g/mol. The zero-order valence-electron chi connectivity index (χ0n) is 12.4. The maximum absolute atomic E-state index is 5.31. The maximum Gasteiger partial charge on any atom is 0.228 e. The molecular formula is C13H26N4O. The highest BCUT2D eigenvalue weighted by Crippen LogP contribution is 2.22. The highest BCUT2D eigenvalue weighted by molar-refractivity contribution is 4.93. The minimum atomic E-state index is 0.173. The molecule has 0 amide bonds. The van der Waals surface area contributed by atoms with E-state index in [1.165, 1.54) is 0 Å². The molecule has 0 bridgehead atoms. The van der Waals surface area contributed by atoms with Gasteiger partial charge in [0.05, 0.1) is 6.54 Å². The van der Waals surface area contributed by atoms with Crippen LogP contribution in [-0.2, 0) is 13.0 Å². The summed E-state index contributed by atoms with van der Waals surface area (Å²) in [6.45, 7) is 10.4. The van der Waals surface area contributed by atoms with Gasteiger partial charge in [-0.25, -0.2) is 0 Å². The van der Waals surface area contributed by atoms with E-state index in [4.69, 9.17) is 4.52 Å². The van der Waals surface area contributed by atoms with Crippen LogP contribution in [0.1, 0.15) is 39.4 Å². The van der Waals surface area contributed by atoms with Gasteiger partial charge in [0.1, 0.15) is 0 Å². The molecule has 0 aliphatic rings. The lowest BCUT2D eigenvalue weighted by atomic mass is 9.84. The summed E-state index contributed by atoms with van der Waals surface area (Å²) in [6, 6.07) is 0.343. The van der Waals surface area contributed by atoms with Crippen molar-refractivity contribution in [1.29, 1.82) is 0 Å². The monoisotopic (exact) mass is 254 g/mol. The van der Waals surface area contributed by atoms with Gasteiger partial charge in [0.2, 0.25) is 5.89 Å². The van der Waals surface area contributed by atoms with Crippen molar-refractivity contribution in [3.05, 3.63) is 11.7 Å². The van der Waals surface area contributed by atoms with Crippen LogP contribution in [0.3, 0.4) is 0 Å². The van der Waals surface area contributed by atoms with Gasteiger partial charge in [0.15, 0.2) is 5.82 Å². The van der Waals surface area contributed by atoms with Crippen LogP contribution < -0.4 is 5.32 Å². The summed E-state index contributed by atoms with van der Waals surface area (Å²) in [6.07, 6.45) is 0.776. The Kier molecular flexibility index (Phi) is 5.28. The van der Waals surface area contributed by atoms with Crippen molar-refractivity contribution in [3.8, 4) is 0 Å². The van der Waals surface area contributed by atoms with Crippen LogP contribution in [0.25, 0.3) is 0 Å². The third-order valence-corrected chi connectivity index (χ3v) is 2.84. The van der Waals surface area contributed by atoms with Gasteiger partial charge in [0.25, 0.3) is 0 Å². The summed E-state index contributed by atoms with van der Waals surface area (Å²) in [5.41, 5.74) is 0.173. The molecule has 0 aliphatic heterocycles. The number of nitrogens with one attached hydrogen (secondary N) is 1. The van der Waals surface area contributed by atoms with Gasteiger partial charge in [-0.2, -0.15) is 4.98 Å².